The van der Waals surface area contributed by atoms with Crippen LogP contribution in [-0.4, -0.2) is 11.6 Å². The molecule has 10 rings (SSSR count). The van der Waals surface area contributed by atoms with Crippen molar-refractivity contribution in [3.05, 3.63) is 222 Å². The second-order valence-electron chi connectivity index (χ2n) is 15.8. The smallest absolute Gasteiger partial charge is 0.0541 e. The van der Waals surface area contributed by atoms with E-state index in [1.54, 1.807) is 0 Å². The van der Waals surface area contributed by atoms with Crippen LogP contribution in [0.1, 0.15) is 47.6 Å². The Morgan fingerprint density at radius 1 is 0.439 bits per heavy atom. The molecule has 0 radical (unpaired) electrons. The lowest BCUT2D eigenvalue weighted by Gasteiger charge is -2.22. The molecule has 1 aliphatic rings. The standard InChI is InChI=1S/C54H43N.CH5N/c1-54(2)50-22-11-9-20-46(50)47-30-28-43(36-51(47)54)41-26-24-40(25-27-41)42-29-31-53-49(35-42)48-21-10-12-23-52(48)55(53)45-19-13-16-38(34-45)33-44(39-17-7-4-8-18-39)32-37-14-5-3-6-15-37;1-2/h3-31,34-36,44H,32-33H2,1-2H3;2H2,1H3. The zero-order valence-corrected chi connectivity index (χ0v) is 33.0. The maximum atomic E-state index is 4.50. The van der Waals surface area contributed by atoms with Crippen LogP contribution in [-0.2, 0) is 18.3 Å². The fraction of sp³-hybridized carbons (Fsp3) is 0.127. The molecule has 0 bridgehead atoms. The summed E-state index contributed by atoms with van der Waals surface area (Å²) in [5, 5.41) is 2.55. The molecule has 8 aromatic carbocycles. The van der Waals surface area contributed by atoms with Crippen molar-refractivity contribution < 1.29 is 0 Å². The fourth-order valence-corrected chi connectivity index (χ4v) is 9.21. The molecule has 2 nitrogen and oxygen atoms in total. The minimum absolute atomic E-state index is 0.00919. The zero-order chi connectivity index (χ0) is 38.9. The second kappa shape index (κ2) is 15.2. The third-order valence-corrected chi connectivity index (χ3v) is 12.1. The molecular weight excluding hydrogens is 689 g/mol. The van der Waals surface area contributed by atoms with Crippen LogP contribution < -0.4 is 5.73 Å². The molecule has 57 heavy (non-hydrogen) atoms. The number of aromatic nitrogens is 1. The number of nitrogens with two attached hydrogens (primary N) is 1. The lowest BCUT2D eigenvalue weighted by molar-refractivity contribution is 0.660. The monoisotopic (exact) mass is 736 g/mol. The molecule has 0 fully saturated rings. The molecule has 0 aliphatic heterocycles. The minimum Gasteiger partial charge on any atom is -0.333 e. The highest BCUT2D eigenvalue weighted by Crippen LogP contribution is 2.49. The number of rotatable bonds is 8. The summed E-state index contributed by atoms with van der Waals surface area (Å²) in [7, 11) is 1.50. The van der Waals surface area contributed by atoms with Gasteiger partial charge in [0, 0.05) is 21.9 Å². The number of para-hydroxylation sites is 1. The molecule has 1 aliphatic carbocycles. The van der Waals surface area contributed by atoms with Gasteiger partial charge < -0.3 is 10.3 Å². The van der Waals surface area contributed by atoms with Gasteiger partial charge in [-0.25, -0.2) is 0 Å². The number of nitrogens with zero attached hydrogens (tertiary/aromatic N) is 1. The van der Waals surface area contributed by atoms with Crippen molar-refractivity contribution in [3.8, 4) is 39.1 Å². The van der Waals surface area contributed by atoms with Crippen molar-refractivity contribution >= 4 is 21.8 Å². The normalized spacial score (nSPS) is 13.1. The third kappa shape index (κ3) is 6.67. The SMILES string of the molecule is CC1(C)c2ccccc2-c2ccc(-c3ccc(-c4ccc5c(c4)c4ccccc4n5-c4cccc(CC(Cc5ccccc5)c5ccccc5)c4)cc3)cc21.CN. The largest absolute Gasteiger partial charge is 0.333 e. The highest BCUT2D eigenvalue weighted by atomic mass is 15.0. The van der Waals surface area contributed by atoms with Crippen molar-refractivity contribution in [1.82, 2.24) is 4.57 Å². The van der Waals surface area contributed by atoms with E-state index in [4.69, 9.17) is 0 Å². The number of benzene rings is 8. The number of hydrogen-bond acceptors (Lipinski definition) is 1. The van der Waals surface area contributed by atoms with Gasteiger partial charge in [0.25, 0.3) is 0 Å². The van der Waals surface area contributed by atoms with Crippen molar-refractivity contribution in [3.63, 3.8) is 0 Å². The lowest BCUT2D eigenvalue weighted by Crippen LogP contribution is -2.14. The van der Waals surface area contributed by atoms with Gasteiger partial charge in [0.05, 0.1) is 11.0 Å². The summed E-state index contributed by atoms with van der Waals surface area (Å²) >= 11 is 0. The summed E-state index contributed by atoms with van der Waals surface area (Å²) in [4.78, 5) is 0. The van der Waals surface area contributed by atoms with Gasteiger partial charge in [0.2, 0.25) is 0 Å². The van der Waals surface area contributed by atoms with Crippen molar-refractivity contribution in [2.75, 3.05) is 7.05 Å². The molecule has 1 unspecified atom stereocenters. The summed E-state index contributed by atoms with van der Waals surface area (Å²) in [5.74, 6) is 0.387. The van der Waals surface area contributed by atoms with E-state index in [0.29, 0.717) is 5.92 Å². The Hall–Kier alpha value is -6.48. The number of hydrogen-bond donors (Lipinski definition) is 1. The topological polar surface area (TPSA) is 30.9 Å². The van der Waals surface area contributed by atoms with Gasteiger partial charge in [-0.05, 0) is 123 Å². The average molecular weight is 737 g/mol. The van der Waals surface area contributed by atoms with Crippen LogP contribution in [0.25, 0.3) is 60.9 Å². The van der Waals surface area contributed by atoms with E-state index in [1.807, 2.05) is 0 Å². The summed E-state index contributed by atoms with van der Waals surface area (Å²) in [6, 6.07) is 71.9. The van der Waals surface area contributed by atoms with Crippen LogP contribution in [0.5, 0.6) is 0 Å². The lowest BCUT2D eigenvalue weighted by atomic mass is 9.81. The highest BCUT2D eigenvalue weighted by molar-refractivity contribution is 6.10. The molecule has 0 spiro atoms. The second-order valence-corrected chi connectivity index (χ2v) is 15.8. The van der Waals surface area contributed by atoms with E-state index in [0.717, 1.165) is 12.8 Å². The van der Waals surface area contributed by atoms with Gasteiger partial charge >= 0.3 is 0 Å². The van der Waals surface area contributed by atoms with E-state index in [9.17, 15) is 0 Å². The zero-order valence-electron chi connectivity index (χ0n) is 33.0. The summed E-state index contributed by atoms with van der Waals surface area (Å²) in [5.41, 5.74) is 22.8. The first kappa shape index (κ1) is 36.2. The van der Waals surface area contributed by atoms with Crippen molar-refractivity contribution in [1.29, 1.82) is 0 Å². The highest BCUT2D eigenvalue weighted by Gasteiger charge is 2.35. The number of fused-ring (bicyclic) bond motifs is 6. The molecular formula is C55H48N2. The van der Waals surface area contributed by atoms with Crippen LogP contribution in [0.3, 0.4) is 0 Å². The predicted octanol–water partition coefficient (Wildman–Crippen LogP) is 13.6. The summed E-state index contributed by atoms with van der Waals surface area (Å²) in [6.45, 7) is 4.70. The molecule has 0 saturated heterocycles. The predicted molar refractivity (Wildman–Crippen MR) is 242 cm³/mol. The van der Waals surface area contributed by atoms with E-state index >= 15 is 0 Å². The Morgan fingerprint density at radius 2 is 1.00 bits per heavy atom. The first-order chi connectivity index (χ1) is 28.0. The Labute approximate surface area is 336 Å². The van der Waals surface area contributed by atoms with Crippen molar-refractivity contribution in [2.45, 2.75) is 38.0 Å². The Balaban J connectivity index is 0.00000208. The first-order valence-electron chi connectivity index (χ1n) is 20.2. The van der Waals surface area contributed by atoms with Crippen LogP contribution in [0, 0.1) is 0 Å². The molecule has 0 amide bonds. The molecule has 9 aromatic rings. The summed E-state index contributed by atoms with van der Waals surface area (Å²) in [6.07, 6.45) is 1.98. The third-order valence-electron chi connectivity index (χ3n) is 12.1. The van der Waals surface area contributed by atoms with Crippen molar-refractivity contribution in [2.24, 2.45) is 5.73 Å². The first-order valence-corrected chi connectivity index (χ1v) is 20.2. The van der Waals surface area contributed by atoms with E-state index in [-0.39, 0.29) is 5.41 Å². The maximum Gasteiger partial charge on any atom is 0.0541 e. The van der Waals surface area contributed by atoms with Gasteiger partial charge in [-0.15, -0.1) is 0 Å². The molecule has 1 heterocycles. The molecule has 2 N–H and O–H groups in total. The molecule has 278 valence electrons. The van der Waals surface area contributed by atoms with Gasteiger partial charge in [-0.1, -0.05) is 172 Å². The van der Waals surface area contributed by atoms with E-state index < -0.39 is 0 Å². The van der Waals surface area contributed by atoms with Crippen LogP contribution in [0.4, 0.5) is 0 Å². The average Bonchev–Trinajstić information content (AvgIpc) is 3.72. The Morgan fingerprint density at radius 3 is 1.77 bits per heavy atom. The van der Waals surface area contributed by atoms with Gasteiger partial charge in [-0.3, -0.25) is 0 Å². The minimum atomic E-state index is -0.00919. The fourth-order valence-electron chi connectivity index (χ4n) is 9.21. The van der Waals surface area contributed by atoms with Crippen LogP contribution >= 0.6 is 0 Å². The summed E-state index contributed by atoms with van der Waals surface area (Å²) < 4.78 is 2.45. The Bertz CT molecular complexity index is 2830. The van der Waals surface area contributed by atoms with Gasteiger partial charge in [-0.2, -0.15) is 0 Å². The maximum absolute atomic E-state index is 4.50. The molecule has 1 atom stereocenters. The molecule has 0 saturated carbocycles. The van der Waals surface area contributed by atoms with Crippen LogP contribution in [0.15, 0.2) is 194 Å². The van der Waals surface area contributed by atoms with Gasteiger partial charge in [0.15, 0.2) is 0 Å². The van der Waals surface area contributed by atoms with E-state index in [1.165, 1.54) is 95.7 Å². The molecule has 2 heteroatoms. The van der Waals surface area contributed by atoms with Gasteiger partial charge in [0.1, 0.15) is 0 Å². The Kier molecular flexibility index (Phi) is 9.66. The van der Waals surface area contributed by atoms with Crippen LogP contribution in [0.2, 0.25) is 0 Å². The van der Waals surface area contributed by atoms with E-state index in [2.05, 4.69) is 218 Å². The quantitative estimate of drug-likeness (QED) is 0.165. The molecule has 1 aromatic heterocycles.